The fraction of sp³-hybridized carbons (Fsp3) is 0.143. The number of alkyl halides is 3. The van der Waals surface area contributed by atoms with Crippen molar-refractivity contribution in [1.29, 1.82) is 0 Å². The Bertz CT molecular complexity index is 799. The predicted molar refractivity (Wildman–Crippen MR) is 84.0 cm³/mol. The Morgan fingerprint density at radius 1 is 1.08 bits per heavy atom. The smallest absolute Gasteiger partial charge is 0.374 e. The van der Waals surface area contributed by atoms with Gasteiger partial charge in [-0.1, -0.05) is 35.9 Å². The molecule has 2 aromatic rings. The van der Waals surface area contributed by atoms with E-state index in [1.54, 1.807) is 0 Å². The van der Waals surface area contributed by atoms with Gasteiger partial charge in [0.25, 0.3) is 0 Å². The third kappa shape index (κ3) is 4.76. The first-order valence-electron chi connectivity index (χ1n) is 6.52. The quantitative estimate of drug-likeness (QED) is 0.454. The molecule has 0 spiro atoms. The zero-order valence-electron chi connectivity index (χ0n) is 12.0. The first-order chi connectivity index (χ1) is 11.2. The van der Waals surface area contributed by atoms with E-state index in [0.717, 1.165) is 11.8 Å². The average molecular weight is 381 g/mol. The minimum Gasteiger partial charge on any atom is -0.374 e. The SMILES string of the molecule is O=S(=O)(Oc1ccc(CNNc2ccccc2)cc1Cl)C(F)(F)F. The molecule has 0 aliphatic heterocycles. The number of benzene rings is 2. The van der Waals surface area contributed by atoms with Gasteiger partial charge in [0, 0.05) is 12.2 Å². The third-order valence-corrected chi connectivity index (χ3v) is 4.04. The van der Waals surface area contributed by atoms with Crippen LogP contribution in [0.2, 0.25) is 5.02 Å². The highest BCUT2D eigenvalue weighted by Crippen LogP contribution is 2.31. The summed E-state index contributed by atoms with van der Waals surface area (Å²) in [6, 6.07) is 13.0. The number of para-hydroxylation sites is 1. The summed E-state index contributed by atoms with van der Waals surface area (Å²) in [6.45, 7) is 0.293. The first kappa shape index (κ1) is 18.4. The van der Waals surface area contributed by atoms with E-state index in [2.05, 4.69) is 15.0 Å². The van der Waals surface area contributed by atoms with Crippen LogP contribution in [0.1, 0.15) is 5.56 Å². The Morgan fingerprint density at radius 2 is 1.75 bits per heavy atom. The summed E-state index contributed by atoms with van der Waals surface area (Å²) < 4.78 is 62.8. The molecule has 0 saturated carbocycles. The zero-order chi connectivity index (χ0) is 17.8. The second-order valence-corrected chi connectivity index (χ2v) is 6.54. The van der Waals surface area contributed by atoms with E-state index in [-0.39, 0.29) is 5.02 Å². The molecule has 0 saturated heterocycles. The van der Waals surface area contributed by atoms with Crippen LogP contribution in [0.3, 0.4) is 0 Å². The molecule has 0 fully saturated rings. The molecule has 5 nitrogen and oxygen atoms in total. The molecule has 2 rings (SSSR count). The lowest BCUT2D eigenvalue weighted by atomic mass is 10.2. The summed E-state index contributed by atoms with van der Waals surface area (Å²) in [5.41, 5.74) is 1.72. The number of hydrogen-bond donors (Lipinski definition) is 2. The summed E-state index contributed by atoms with van der Waals surface area (Å²) in [7, 11) is -5.75. The van der Waals surface area contributed by atoms with E-state index in [9.17, 15) is 21.6 Å². The summed E-state index contributed by atoms with van der Waals surface area (Å²) in [5.74, 6) is -0.589. The minimum absolute atomic E-state index is 0.248. The van der Waals surface area contributed by atoms with Crippen molar-refractivity contribution >= 4 is 27.4 Å². The van der Waals surface area contributed by atoms with Crippen LogP contribution in [0.15, 0.2) is 48.5 Å². The molecular formula is C14H12ClF3N2O3S. The highest BCUT2D eigenvalue weighted by Gasteiger charge is 2.48. The molecule has 0 radical (unpaired) electrons. The monoisotopic (exact) mass is 380 g/mol. The van der Waals surface area contributed by atoms with Crippen LogP contribution in [-0.2, 0) is 16.7 Å². The number of nitrogens with one attached hydrogen (secondary N) is 2. The predicted octanol–water partition coefficient (Wildman–Crippen LogP) is 3.69. The van der Waals surface area contributed by atoms with Gasteiger partial charge in [0.2, 0.25) is 0 Å². The third-order valence-electron chi connectivity index (χ3n) is 2.78. The first-order valence-corrected chi connectivity index (χ1v) is 8.31. The fourth-order valence-electron chi connectivity index (χ4n) is 1.66. The van der Waals surface area contributed by atoms with Gasteiger partial charge >= 0.3 is 15.6 Å². The maximum absolute atomic E-state index is 12.3. The van der Waals surface area contributed by atoms with Crippen LogP contribution in [-0.4, -0.2) is 13.9 Å². The molecule has 0 bridgehead atoms. The molecule has 2 N–H and O–H groups in total. The lowest BCUT2D eigenvalue weighted by Crippen LogP contribution is -2.28. The number of halogens is 4. The van der Waals surface area contributed by atoms with Gasteiger partial charge in [-0.3, -0.25) is 0 Å². The summed E-state index contributed by atoms with van der Waals surface area (Å²) in [6.07, 6.45) is 0. The summed E-state index contributed by atoms with van der Waals surface area (Å²) in [5, 5.41) is -0.248. The average Bonchev–Trinajstić information content (AvgIpc) is 2.50. The molecule has 10 heteroatoms. The van der Waals surface area contributed by atoms with Crippen LogP contribution < -0.4 is 15.0 Å². The van der Waals surface area contributed by atoms with Crippen molar-refractivity contribution < 1.29 is 25.8 Å². The Balaban J connectivity index is 1.99. The molecule has 0 unspecified atom stereocenters. The highest BCUT2D eigenvalue weighted by atomic mass is 35.5. The fourth-order valence-corrected chi connectivity index (χ4v) is 2.42. The number of hydrazine groups is 1. The lowest BCUT2D eigenvalue weighted by Gasteiger charge is -2.12. The van der Waals surface area contributed by atoms with Gasteiger partial charge in [-0.15, -0.1) is 0 Å². The molecule has 0 aliphatic carbocycles. The maximum Gasteiger partial charge on any atom is 0.534 e. The van der Waals surface area contributed by atoms with E-state index in [1.165, 1.54) is 12.1 Å². The highest BCUT2D eigenvalue weighted by molar-refractivity contribution is 7.88. The van der Waals surface area contributed by atoms with Gasteiger partial charge in [-0.25, -0.2) is 5.43 Å². The van der Waals surface area contributed by atoms with Crippen LogP contribution in [0, 0.1) is 0 Å². The van der Waals surface area contributed by atoms with Crippen molar-refractivity contribution in [2.75, 3.05) is 5.43 Å². The molecule has 0 amide bonds. The molecular weight excluding hydrogens is 369 g/mol. The van der Waals surface area contributed by atoms with Crippen molar-refractivity contribution in [3.05, 3.63) is 59.1 Å². The number of anilines is 1. The van der Waals surface area contributed by atoms with E-state index >= 15 is 0 Å². The second kappa shape index (κ2) is 7.29. The van der Waals surface area contributed by atoms with Gasteiger partial charge in [-0.2, -0.15) is 21.6 Å². The van der Waals surface area contributed by atoms with Gasteiger partial charge < -0.3 is 9.61 Å². The van der Waals surface area contributed by atoms with Crippen molar-refractivity contribution in [3.63, 3.8) is 0 Å². The Kier molecular flexibility index (Phi) is 5.58. The van der Waals surface area contributed by atoms with E-state index in [0.29, 0.717) is 12.1 Å². The Labute approximate surface area is 141 Å². The van der Waals surface area contributed by atoms with Gasteiger partial charge in [-0.05, 0) is 29.8 Å². The standard InChI is InChI=1S/C14H12ClF3N2O3S/c15-12-8-10(9-19-20-11-4-2-1-3-5-11)6-7-13(12)23-24(21,22)14(16,17)18/h1-8,19-20H,9H2. The summed E-state index contributed by atoms with van der Waals surface area (Å²) >= 11 is 5.78. The molecule has 24 heavy (non-hydrogen) atoms. The largest absolute Gasteiger partial charge is 0.534 e. The van der Waals surface area contributed by atoms with Crippen LogP contribution in [0.5, 0.6) is 5.75 Å². The van der Waals surface area contributed by atoms with E-state index in [4.69, 9.17) is 11.6 Å². The molecule has 0 heterocycles. The molecule has 0 aromatic heterocycles. The molecule has 2 aromatic carbocycles. The molecule has 130 valence electrons. The van der Waals surface area contributed by atoms with Gasteiger partial charge in [0.05, 0.1) is 5.02 Å². The minimum atomic E-state index is -5.75. The van der Waals surface area contributed by atoms with E-state index < -0.39 is 21.4 Å². The van der Waals surface area contributed by atoms with Crippen LogP contribution >= 0.6 is 11.6 Å². The van der Waals surface area contributed by atoms with Crippen LogP contribution in [0.4, 0.5) is 18.9 Å². The second-order valence-electron chi connectivity index (χ2n) is 4.59. The van der Waals surface area contributed by atoms with Gasteiger partial charge in [0.15, 0.2) is 5.75 Å². The number of hydrogen-bond acceptors (Lipinski definition) is 5. The zero-order valence-corrected chi connectivity index (χ0v) is 13.5. The Hall–Kier alpha value is -1.97. The lowest BCUT2D eigenvalue weighted by molar-refractivity contribution is -0.0500. The van der Waals surface area contributed by atoms with Crippen molar-refractivity contribution in [1.82, 2.24) is 5.43 Å². The summed E-state index contributed by atoms with van der Waals surface area (Å²) in [4.78, 5) is 0. The van der Waals surface area contributed by atoms with E-state index in [1.807, 2.05) is 30.3 Å². The Morgan fingerprint density at radius 3 is 2.33 bits per heavy atom. The topological polar surface area (TPSA) is 67.4 Å². The van der Waals surface area contributed by atoms with Crippen LogP contribution in [0.25, 0.3) is 0 Å². The van der Waals surface area contributed by atoms with Crippen molar-refractivity contribution in [3.8, 4) is 5.75 Å². The van der Waals surface area contributed by atoms with Crippen molar-refractivity contribution in [2.24, 2.45) is 0 Å². The normalized spacial score (nSPS) is 12.0. The number of rotatable bonds is 6. The van der Waals surface area contributed by atoms with Crippen molar-refractivity contribution in [2.45, 2.75) is 12.1 Å². The molecule has 0 atom stereocenters. The maximum atomic E-state index is 12.3. The van der Waals surface area contributed by atoms with Gasteiger partial charge in [0.1, 0.15) is 0 Å². The molecule has 0 aliphatic rings.